The lowest BCUT2D eigenvalue weighted by atomic mass is 10.1. The van der Waals surface area contributed by atoms with Crippen LogP contribution >= 0.6 is 0 Å². The average molecular weight is 249 g/mol. The molecule has 0 saturated heterocycles. The predicted octanol–water partition coefficient (Wildman–Crippen LogP) is 0.158. The van der Waals surface area contributed by atoms with Gasteiger partial charge in [0.05, 0.1) is 6.04 Å². The van der Waals surface area contributed by atoms with E-state index in [2.05, 4.69) is 36.9 Å². The number of hydrogen-bond acceptors (Lipinski definition) is 2. The highest BCUT2D eigenvalue weighted by Gasteiger charge is 2.28. The number of quaternary nitrogens is 1. The molecule has 0 aromatic heterocycles. The van der Waals surface area contributed by atoms with Gasteiger partial charge in [-0.1, -0.05) is 30.3 Å². The van der Waals surface area contributed by atoms with E-state index in [0.717, 1.165) is 6.42 Å². The Morgan fingerprint density at radius 2 is 1.76 bits per heavy atom. The molecule has 1 aromatic carbocycles. The third kappa shape index (κ3) is 8.27. The van der Waals surface area contributed by atoms with Crippen molar-refractivity contribution in [1.82, 2.24) is 0 Å². The number of hydrogen-bond donors (Lipinski definition) is 1. The third-order valence-corrected chi connectivity index (χ3v) is 1.66. The fourth-order valence-corrected chi connectivity index (χ4v) is 1.02. The fourth-order valence-electron chi connectivity index (χ4n) is 1.02. The zero-order valence-electron chi connectivity index (χ0n) is 9.33. The van der Waals surface area contributed by atoms with Crippen LogP contribution in [0.25, 0.3) is 0 Å². The van der Waals surface area contributed by atoms with Crippen LogP contribution in [0.5, 0.6) is 0 Å². The molecule has 0 aliphatic rings. The first kappa shape index (κ1) is 15.4. The molecule has 1 aromatic rings. The topological polar surface area (TPSA) is 67.8 Å². The molecule has 0 bridgehead atoms. The number of carboxylic acids is 1. The largest absolute Gasteiger partial charge is 0.542 e. The van der Waals surface area contributed by atoms with E-state index in [1.807, 2.05) is 6.07 Å². The average Bonchev–Trinajstić information content (AvgIpc) is 2.17. The van der Waals surface area contributed by atoms with Gasteiger partial charge in [-0.05, 0) is 12.5 Å². The van der Waals surface area contributed by atoms with Gasteiger partial charge in [0.2, 0.25) is 0 Å². The summed E-state index contributed by atoms with van der Waals surface area (Å²) in [7, 11) is 0. The van der Waals surface area contributed by atoms with E-state index in [-0.39, 0.29) is 0 Å². The van der Waals surface area contributed by atoms with Crippen molar-refractivity contribution >= 4 is 5.97 Å². The Morgan fingerprint density at radius 1 is 1.35 bits per heavy atom. The minimum absolute atomic E-state index is 0.516. The number of carbonyl (C=O) groups is 1. The highest BCUT2D eigenvalue weighted by molar-refractivity contribution is 5.70. The Balaban J connectivity index is 0.000000325. The van der Waals surface area contributed by atoms with Gasteiger partial charge in [-0.3, -0.25) is 0 Å². The van der Waals surface area contributed by atoms with Gasteiger partial charge in [0, 0.05) is 6.42 Å². The highest BCUT2D eigenvalue weighted by atomic mass is 19.4. The smallest absolute Gasteiger partial charge is 0.430 e. The Hall–Kier alpha value is -1.56. The molecular weight excluding hydrogens is 235 g/mol. The third-order valence-electron chi connectivity index (χ3n) is 1.66. The van der Waals surface area contributed by atoms with Crippen LogP contribution in [0.1, 0.15) is 12.5 Å². The van der Waals surface area contributed by atoms with Crippen molar-refractivity contribution in [1.29, 1.82) is 0 Å². The van der Waals surface area contributed by atoms with Crippen molar-refractivity contribution < 1.29 is 28.8 Å². The van der Waals surface area contributed by atoms with Gasteiger partial charge in [-0.15, -0.1) is 0 Å². The number of rotatable bonds is 2. The molecule has 0 spiro atoms. The van der Waals surface area contributed by atoms with Crippen LogP contribution in [-0.2, 0) is 11.2 Å². The first-order valence-electron chi connectivity index (χ1n) is 4.88. The van der Waals surface area contributed by atoms with E-state index in [9.17, 15) is 13.2 Å². The molecule has 6 heteroatoms. The number of carboxylic acid groups (broad SMARTS) is 1. The maximum absolute atomic E-state index is 10.5. The molecule has 1 rings (SSSR count). The summed E-state index contributed by atoms with van der Waals surface area (Å²) in [6.45, 7) is 2.13. The van der Waals surface area contributed by atoms with E-state index in [1.165, 1.54) is 5.56 Å². The van der Waals surface area contributed by atoms with Crippen LogP contribution < -0.4 is 10.8 Å². The molecule has 0 fully saturated rings. The van der Waals surface area contributed by atoms with E-state index in [0.29, 0.717) is 6.04 Å². The Morgan fingerprint density at radius 3 is 2.06 bits per heavy atom. The zero-order valence-corrected chi connectivity index (χ0v) is 9.33. The Labute approximate surface area is 97.1 Å². The van der Waals surface area contributed by atoms with Crippen molar-refractivity contribution in [3.8, 4) is 0 Å². The van der Waals surface area contributed by atoms with Gasteiger partial charge in [-0.25, -0.2) is 0 Å². The maximum Gasteiger partial charge on any atom is 0.430 e. The van der Waals surface area contributed by atoms with Crippen LogP contribution in [-0.4, -0.2) is 18.2 Å². The number of carbonyl (C=O) groups excluding carboxylic acids is 1. The molecule has 0 heterocycles. The minimum Gasteiger partial charge on any atom is -0.542 e. The summed E-state index contributed by atoms with van der Waals surface area (Å²) in [6.07, 6.45) is -4.11. The molecule has 0 aliphatic carbocycles. The number of benzene rings is 1. The minimum atomic E-state index is -5.19. The van der Waals surface area contributed by atoms with Crippen LogP contribution in [0.3, 0.4) is 0 Å². The summed E-state index contributed by atoms with van der Waals surface area (Å²) in [4.78, 5) is 8.78. The zero-order chi connectivity index (χ0) is 13.5. The fraction of sp³-hybridized carbons (Fsp3) is 0.364. The molecule has 1 atom stereocenters. The lowest BCUT2D eigenvalue weighted by Gasteiger charge is -2.03. The highest BCUT2D eigenvalue weighted by Crippen LogP contribution is 2.11. The van der Waals surface area contributed by atoms with Gasteiger partial charge in [0.25, 0.3) is 0 Å². The van der Waals surface area contributed by atoms with Crippen LogP contribution in [0.2, 0.25) is 0 Å². The van der Waals surface area contributed by atoms with E-state index in [1.54, 1.807) is 0 Å². The molecule has 1 unspecified atom stereocenters. The monoisotopic (exact) mass is 249 g/mol. The molecule has 0 amide bonds. The van der Waals surface area contributed by atoms with Crippen molar-refractivity contribution in [3.63, 3.8) is 0 Å². The molecule has 0 radical (unpaired) electrons. The van der Waals surface area contributed by atoms with Crippen molar-refractivity contribution in [2.75, 3.05) is 0 Å². The lowest BCUT2D eigenvalue weighted by molar-refractivity contribution is -0.413. The molecule has 0 saturated carbocycles. The van der Waals surface area contributed by atoms with Crippen LogP contribution in [0, 0.1) is 0 Å². The molecule has 3 nitrogen and oxygen atoms in total. The summed E-state index contributed by atoms with van der Waals surface area (Å²) >= 11 is 0. The van der Waals surface area contributed by atoms with Gasteiger partial charge in [-0.2, -0.15) is 13.2 Å². The summed E-state index contributed by atoms with van der Waals surface area (Å²) in [5.74, 6) is -3.01. The Bertz CT molecular complexity index is 336. The number of aliphatic carboxylic acids is 1. The summed E-state index contributed by atoms with van der Waals surface area (Å²) in [5, 5.41) is 8.78. The predicted molar refractivity (Wildman–Crippen MR) is 53.6 cm³/mol. The van der Waals surface area contributed by atoms with E-state index in [4.69, 9.17) is 9.90 Å². The summed E-state index contributed by atoms with van der Waals surface area (Å²) in [5.41, 5.74) is 5.31. The van der Waals surface area contributed by atoms with E-state index >= 15 is 0 Å². The van der Waals surface area contributed by atoms with Gasteiger partial charge in [0.15, 0.2) is 0 Å². The summed E-state index contributed by atoms with van der Waals surface area (Å²) in [6, 6.07) is 11.0. The van der Waals surface area contributed by atoms with Crippen molar-refractivity contribution in [2.45, 2.75) is 25.6 Å². The second-order valence-electron chi connectivity index (χ2n) is 3.58. The second kappa shape index (κ2) is 6.90. The lowest BCUT2D eigenvalue weighted by Crippen LogP contribution is -2.60. The normalized spacial score (nSPS) is 12.3. The van der Waals surface area contributed by atoms with Crippen molar-refractivity contribution in [2.24, 2.45) is 0 Å². The Kier molecular flexibility index (Phi) is 6.27. The van der Waals surface area contributed by atoms with Gasteiger partial charge >= 0.3 is 6.18 Å². The quantitative estimate of drug-likeness (QED) is 0.811. The summed E-state index contributed by atoms with van der Waals surface area (Å²) < 4.78 is 31.5. The number of alkyl halides is 3. The van der Waals surface area contributed by atoms with Crippen LogP contribution in [0.4, 0.5) is 13.2 Å². The van der Waals surface area contributed by atoms with Gasteiger partial charge in [0.1, 0.15) is 5.97 Å². The van der Waals surface area contributed by atoms with Crippen LogP contribution in [0.15, 0.2) is 30.3 Å². The molecule has 96 valence electrons. The second-order valence-corrected chi connectivity index (χ2v) is 3.58. The number of halogens is 3. The maximum atomic E-state index is 10.5. The SMILES string of the molecule is CC([NH3+])Cc1ccccc1.O=C([O-])C(F)(F)F. The molecule has 3 N–H and O–H groups in total. The van der Waals surface area contributed by atoms with E-state index < -0.39 is 12.1 Å². The van der Waals surface area contributed by atoms with Crippen molar-refractivity contribution in [3.05, 3.63) is 35.9 Å². The standard InChI is InChI=1S/C9H13N.C2HF3O2/c1-8(10)7-9-5-3-2-4-6-9;3-2(4,5)1(6)7/h2-6,8H,7,10H2,1H3;(H,6,7). The molecule has 17 heavy (non-hydrogen) atoms. The molecular formula is C11H14F3NO2. The first-order valence-corrected chi connectivity index (χ1v) is 4.88. The molecule has 0 aliphatic heterocycles. The van der Waals surface area contributed by atoms with Gasteiger partial charge < -0.3 is 15.6 Å². The first-order chi connectivity index (χ1) is 7.73.